The quantitative estimate of drug-likeness (QED) is 0.893. The van der Waals surface area contributed by atoms with Crippen LogP contribution in [0.4, 0.5) is 5.69 Å². The number of amides is 1. The van der Waals surface area contributed by atoms with Crippen molar-refractivity contribution in [1.29, 1.82) is 0 Å². The molecule has 0 aromatic heterocycles. The van der Waals surface area contributed by atoms with Gasteiger partial charge in [-0.3, -0.25) is 4.79 Å². The van der Waals surface area contributed by atoms with E-state index in [-0.39, 0.29) is 24.4 Å². The van der Waals surface area contributed by atoms with E-state index in [1.807, 2.05) is 24.3 Å². The molecule has 1 amide bonds. The molecule has 1 fully saturated rings. The number of hydrogen-bond acceptors (Lipinski definition) is 3. The maximum absolute atomic E-state index is 11.6. The second-order valence-electron chi connectivity index (χ2n) is 4.83. The molecule has 2 rings (SSSR count). The highest BCUT2D eigenvalue weighted by molar-refractivity contribution is 6.33. The van der Waals surface area contributed by atoms with Crippen molar-refractivity contribution in [2.45, 2.75) is 18.9 Å². The molecule has 1 unspecified atom stereocenters. The number of piperidine rings is 1. The van der Waals surface area contributed by atoms with E-state index in [2.05, 4.69) is 15.5 Å². The monoisotopic (exact) mass is 317 g/mol. The van der Waals surface area contributed by atoms with Crippen LogP contribution in [-0.2, 0) is 4.79 Å². The van der Waals surface area contributed by atoms with Crippen molar-refractivity contribution in [3.8, 4) is 0 Å². The first-order valence-corrected chi connectivity index (χ1v) is 7.02. The lowest BCUT2D eigenvalue weighted by Crippen LogP contribution is -2.49. The lowest BCUT2D eigenvalue weighted by Gasteiger charge is -2.35. The smallest absolute Gasteiger partial charge is 0.234 e. The average Bonchev–Trinajstić information content (AvgIpc) is 2.40. The summed E-state index contributed by atoms with van der Waals surface area (Å²) in [5.74, 6) is 0.0495. The number of para-hydroxylation sites is 1. The van der Waals surface area contributed by atoms with Gasteiger partial charge in [0.2, 0.25) is 5.91 Å². The summed E-state index contributed by atoms with van der Waals surface area (Å²) >= 11 is 6.22. The number of nitrogens with zero attached hydrogens (tertiary/aromatic N) is 1. The molecule has 1 atom stereocenters. The fourth-order valence-corrected chi connectivity index (χ4v) is 2.72. The van der Waals surface area contributed by atoms with E-state index in [1.165, 1.54) is 0 Å². The Kier molecular flexibility index (Phi) is 7.13. The Bertz CT molecular complexity index is 442. The first kappa shape index (κ1) is 17.1. The number of benzene rings is 1. The minimum Gasteiger partial charge on any atom is -0.368 e. The van der Waals surface area contributed by atoms with E-state index in [1.54, 1.807) is 7.05 Å². The maximum atomic E-state index is 11.6. The minimum absolute atomic E-state index is 0. The molecule has 20 heavy (non-hydrogen) atoms. The average molecular weight is 318 g/mol. The maximum Gasteiger partial charge on any atom is 0.234 e. The highest BCUT2D eigenvalue weighted by Gasteiger charge is 2.22. The normalized spacial score (nSPS) is 18.3. The number of anilines is 1. The van der Waals surface area contributed by atoms with E-state index < -0.39 is 0 Å². The number of nitrogens with one attached hydrogen (secondary N) is 2. The summed E-state index contributed by atoms with van der Waals surface area (Å²) in [7, 11) is 1.77. The largest absolute Gasteiger partial charge is 0.368 e. The van der Waals surface area contributed by atoms with Crippen molar-refractivity contribution in [1.82, 2.24) is 10.6 Å². The number of halogens is 2. The van der Waals surface area contributed by atoms with Crippen LogP contribution in [0.3, 0.4) is 0 Å². The summed E-state index contributed by atoms with van der Waals surface area (Å²) in [6.45, 7) is 2.17. The number of carbonyl (C=O) groups excluding carboxylic acids is 1. The molecule has 1 aromatic rings. The summed E-state index contributed by atoms with van der Waals surface area (Å²) in [5.41, 5.74) is 1.05. The molecule has 0 radical (unpaired) electrons. The van der Waals surface area contributed by atoms with E-state index in [9.17, 15) is 4.79 Å². The third kappa shape index (κ3) is 4.54. The zero-order chi connectivity index (χ0) is 13.7. The summed E-state index contributed by atoms with van der Waals surface area (Å²) in [6, 6.07) is 8.05. The number of likely N-dealkylation sites (N-methyl/N-ethyl adjacent to an activating group) is 1. The molecule has 6 heteroatoms. The van der Waals surface area contributed by atoms with Crippen LogP contribution in [0.15, 0.2) is 24.3 Å². The van der Waals surface area contributed by atoms with Crippen molar-refractivity contribution in [3.05, 3.63) is 29.3 Å². The third-order valence-electron chi connectivity index (χ3n) is 3.32. The van der Waals surface area contributed by atoms with Crippen molar-refractivity contribution in [3.63, 3.8) is 0 Å². The van der Waals surface area contributed by atoms with Gasteiger partial charge < -0.3 is 15.5 Å². The molecule has 1 aliphatic heterocycles. The zero-order valence-electron chi connectivity index (χ0n) is 11.6. The summed E-state index contributed by atoms with van der Waals surface area (Å²) in [6.07, 6.45) is 2.09. The van der Waals surface area contributed by atoms with Crippen LogP contribution in [0.2, 0.25) is 5.02 Å². The summed E-state index contributed by atoms with van der Waals surface area (Å²) < 4.78 is 0. The van der Waals surface area contributed by atoms with Gasteiger partial charge >= 0.3 is 0 Å². The van der Waals surface area contributed by atoms with Crippen LogP contribution in [0.25, 0.3) is 0 Å². The van der Waals surface area contributed by atoms with E-state index in [0.717, 1.165) is 36.6 Å². The first-order valence-electron chi connectivity index (χ1n) is 6.64. The van der Waals surface area contributed by atoms with Gasteiger partial charge in [0.05, 0.1) is 17.3 Å². The van der Waals surface area contributed by atoms with E-state index >= 15 is 0 Å². The molecule has 1 aliphatic rings. The van der Waals surface area contributed by atoms with Gasteiger partial charge in [0, 0.05) is 19.1 Å². The van der Waals surface area contributed by atoms with Crippen LogP contribution in [-0.4, -0.2) is 38.6 Å². The van der Waals surface area contributed by atoms with Crippen LogP contribution >= 0.6 is 24.0 Å². The molecule has 1 aromatic carbocycles. The Morgan fingerprint density at radius 2 is 2.20 bits per heavy atom. The topological polar surface area (TPSA) is 44.4 Å². The van der Waals surface area contributed by atoms with Crippen molar-refractivity contribution in [2.75, 3.05) is 31.6 Å². The molecule has 1 saturated heterocycles. The second-order valence-corrected chi connectivity index (χ2v) is 5.24. The Hall–Kier alpha value is -0.970. The van der Waals surface area contributed by atoms with Gasteiger partial charge in [0.1, 0.15) is 0 Å². The molecule has 0 bridgehead atoms. The lowest BCUT2D eigenvalue weighted by atomic mass is 10.0. The van der Waals surface area contributed by atoms with Crippen LogP contribution in [0.5, 0.6) is 0 Å². The van der Waals surface area contributed by atoms with Gasteiger partial charge in [0.15, 0.2) is 0 Å². The Morgan fingerprint density at radius 1 is 1.45 bits per heavy atom. The highest BCUT2D eigenvalue weighted by Crippen LogP contribution is 2.27. The van der Waals surface area contributed by atoms with Crippen molar-refractivity contribution < 1.29 is 4.79 Å². The second kappa shape index (κ2) is 8.35. The van der Waals surface area contributed by atoms with Gasteiger partial charge in [-0.05, 0) is 32.0 Å². The number of carbonyl (C=O) groups is 1. The minimum atomic E-state index is 0. The van der Waals surface area contributed by atoms with Gasteiger partial charge in [0.25, 0.3) is 0 Å². The zero-order valence-corrected chi connectivity index (χ0v) is 13.1. The van der Waals surface area contributed by atoms with Gasteiger partial charge in [-0.1, -0.05) is 23.7 Å². The molecule has 2 N–H and O–H groups in total. The fraction of sp³-hybridized carbons (Fsp3) is 0.500. The highest BCUT2D eigenvalue weighted by atomic mass is 35.5. The molecule has 112 valence electrons. The van der Waals surface area contributed by atoms with Gasteiger partial charge in [-0.15, -0.1) is 12.4 Å². The molecule has 0 spiro atoms. The predicted octanol–water partition coefficient (Wildman–Crippen LogP) is 2.07. The summed E-state index contributed by atoms with van der Waals surface area (Å²) in [4.78, 5) is 13.8. The molecule has 0 aliphatic carbocycles. The van der Waals surface area contributed by atoms with E-state index in [4.69, 9.17) is 11.6 Å². The number of hydrogen-bond donors (Lipinski definition) is 2. The molecule has 0 saturated carbocycles. The fourth-order valence-electron chi connectivity index (χ4n) is 2.46. The lowest BCUT2D eigenvalue weighted by molar-refractivity contribution is -0.120. The van der Waals surface area contributed by atoms with Crippen molar-refractivity contribution >= 4 is 35.6 Å². The third-order valence-corrected chi connectivity index (χ3v) is 3.64. The molecule has 1 heterocycles. The molecule has 4 nitrogen and oxygen atoms in total. The SMILES string of the molecule is CNCC(=O)NC1CCCN(c2ccccc2Cl)C1.Cl. The van der Waals surface area contributed by atoms with Crippen LogP contribution in [0, 0.1) is 0 Å². The van der Waals surface area contributed by atoms with Crippen LogP contribution < -0.4 is 15.5 Å². The Morgan fingerprint density at radius 3 is 2.90 bits per heavy atom. The van der Waals surface area contributed by atoms with Gasteiger partial charge in [-0.25, -0.2) is 0 Å². The Balaban J connectivity index is 0.00000200. The van der Waals surface area contributed by atoms with Gasteiger partial charge in [-0.2, -0.15) is 0 Å². The number of rotatable bonds is 4. The standard InChI is InChI=1S/C14H20ClN3O.ClH/c1-16-9-14(19)17-11-5-4-8-18(10-11)13-7-3-2-6-12(13)15;/h2-3,6-7,11,16H,4-5,8-10H2,1H3,(H,17,19);1H. The van der Waals surface area contributed by atoms with E-state index in [0.29, 0.717) is 6.54 Å². The first-order chi connectivity index (χ1) is 9.20. The van der Waals surface area contributed by atoms with Crippen molar-refractivity contribution in [2.24, 2.45) is 0 Å². The summed E-state index contributed by atoms with van der Waals surface area (Å²) in [5, 5.41) is 6.68. The van der Waals surface area contributed by atoms with Crippen LogP contribution in [0.1, 0.15) is 12.8 Å². The Labute approximate surface area is 131 Å². The predicted molar refractivity (Wildman–Crippen MR) is 86.0 cm³/mol. The molecular formula is C14H21Cl2N3O. The molecular weight excluding hydrogens is 297 g/mol.